The van der Waals surface area contributed by atoms with Crippen molar-refractivity contribution in [3.8, 4) is 17.2 Å². The second-order valence-electron chi connectivity index (χ2n) is 8.98. The topological polar surface area (TPSA) is 109 Å². The van der Waals surface area contributed by atoms with E-state index in [4.69, 9.17) is 14.5 Å². The zero-order valence-corrected chi connectivity index (χ0v) is 22.1. The van der Waals surface area contributed by atoms with Gasteiger partial charge in [0.25, 0.3) is 5.78 Å². The van der Waals surface area contributed by atoms with Crippen LogP contribution >= 0.6 is 11.3 Å². The van der Waals surface area contributed by atoms with Gasteiger partial charge < -0.3 is 19.7 Å². The number of aromatic hydroxyl groups is 1. The van der Waals surface area contributed by atoms with Crippen LogP contribution in [0.25, 0.3) is 16.0 Å². The number of methoxy groups -OCH3 is 1. The van der Waals surface area contributed by atoms with Gasteiger partial charge in [-0.1, -0.05) is 23.5 Å². The number of fused-ring (bicyclic) bond motifs is 1. The molecule has 2 N–H and O–H groups in total. The minimum Gasteiger partial charge on any atom is -0.507 e. The molecule has 1 aliphatic heterocycles. The molecule has 38 heavy (non-hydrogen) atoms. The number of nitrogens with zero attached hydrogens (tertiary/aromatic N) is 2. The van der Waals surface area contributed by atoms with Crippen molar-refractivity contribution < 1.29 is 29.3 Å². The van der Waals surface area contributed by atoms with Crippen LogP contribution in [-0.4, -0.2) is 40.6 Å². The minimum atomic E-state index is -1.00. The number of phenolic OH excluding ortho intramolecular Hbond substituents is 1. The predicted molar refractivity (Wildman–Crippen MR) is 146 cm³/mol. The van der Waals surface area contributed by atoms with Crippen molar-refractivity contribution >= 4 is 44.1 Å². The number of hydrogen-bond donors (Lipinski definition) is 2. The maximum absolute atomic E-state index is 13.5. The summed E-state index contributed by atoms with van der Waals surface area (Å²) in [5, 5.41) is 22.0. The Bertz CT molecular complexity index is 1610. The summed E-state index contributed by atoms with van der Waals surface area (Å²) in [4.78, 5) is 33.1. The first-order valence-electron chi connectivity index (χ1n) is 12.0. The zero-order chi connectivity index (χ0) is 27.1. The van der Waals surface area contributed by atoms with Gasteiger partial charge in [-0.05, 0) is 79.9 Å². The molecule has 1 aromatic heterocycles. The largest absolute Gasteiger partial charge is 0.507 e. The lowest BCUT2D eigenvalue weighted by Crippen LogP contribution is -2.29. The number of aryl methyl sites for hydroxylation is 2. The van der Waals surface area contributed by atoms with Crippen LogP contribution in [0.1, 0.15) is 35.2 Å². The molecule has 1 atom stereocenters. The predicted octanol–water partition coefficient (Wildman–Crippen LogP) is 5.65. The summed E-state index contributed by atoms with van der Waals surface area (Å²) in [5.74, 6) is -1.24. The van der Waals surface area contributed by atoms with E-state index in [-0.39, 0.29) is 22.8 Å². The SMILES string of the molecule is CCOc1cc(C2/C(=C(\O)c3ccc(OC)cc3)C(=O)C(=O)N2c2nc3c(C)cc(C)cc3s2)ccc1O. The van der Waals surface area contributed by atoms with E-state index in [1.54, 1.807) is 43.3 Å². The molecular formula is C29H26N2O6S. The number of benzene rings is 3. The van der Waals surface area contributed by atoms with Gasteiger partial charge in [-0.25, -0.2) is 4.98 Å². The zero-order valence-electron chi connectivity index (χ0n) is 21.3. The average Bonchev–Trinajstić information content (AvgIpc) is 3.43. The Labute approximate surface area is 223 Å². The monoisotopic (exact) mass is 530 g/mol. The number of carbonyl (C=O) groups excluding carboxylic acids is 2. The highest BCUT2D eigenvalue weighted by Gasteiger charge is 2.48. The third kappa shape index (κ3) is 4.24. The molecule has 2 heterocycles. The van der Waals surface area contributed by atoms with Gasteiger partial charge in [0, 0.05) is 5.56 Å². The van der Waals surface area contributed by atoms with Gasteiger partial charge >= 0.3 is 5.91 Å². The quantitative estimate of drug-likeness (QED) is 0.188. The molecule has 0 saturated carbocycles. The number of aliphatic hydroxyl groups excluding tert-OH is 1. The summed E-state index contributed by atoms with van der Waals surface area (Å²) in [5.41, 5.74) is 3.51. The van der Waals surface area contributed by atoms with E-state index in [1.165, 1.54) is 29.4 Å². The number of ketones is 1. The van der Waals surface area contributed by atoms with Crippen molar-refractivity contribution in [2.24, 2.45) is 0 Å². The number of aromatic nitrogens is 1. The molecule has 5 rings (SSSR count). The Morgan fingerprint density at radius 3 is 2.50 bits per heavy atom. The van der Waals surface area contributed by atoms with Gasteiger partial charge in [-0.15, -0.1) is 0 Å². The van der Waals surface area contributed by atoms with E-state index in [2.05, 4.69) is 0 Å². The number of hydrogen-bond acceptors (Lipinski definition) is 8. The summed E-state index contributed by atoms with van der Waals surface area (Å²) >= 11 is 1.30. The number of ether oxygens (including phenoxy) is 2. The van der Waals surface area contributed by atoms with E-state index in [0.717, 1.165) is 21.3 Å². The Morgan fingerprint density at radius 1 is 1.08 bits per heavy atom. The highest BCUT2D eigenvalue weighted by Crippen LogP contribution is 2.46. The maximum atomic E-state index is 13.5. The van der Waals surface area contributed by atoms with Crippen molar-refractivity contribution in [1.82, 2.24) is 4.98 Å². The second-order valence-corrected chi connectivity index (χ2v) is 9.99. The van der Waals surface area contributed by atoms with Crippen LogP contribution in [0, 0.1) is 13.8 Å². The second kappa shape index (κ2) is 9.83. The molecule has 4 aromatic rings. The van der Waals surface area contributed by atoms with Gasteiger partial charge in [0.15, 0.2) is 16.6 Å². The van der Waals surface area contributed by atoms with Crippen LogP contribution < -0.4 is 14.4 Å². The van der Waals surface area contributed by atoms with Crippen molar-refractivity contribution in [2.45, 2.75) is 26.8 Å². The molecule has 8 nitrogen and oxygen atoms in total. The summed E-state index contributed by atoms with van der Waals surface area (Å²) in [6, 6.07) is 14.2. The van der Waals surface area contributed by atoms with Crippen LogP contribution in [0.4, 0.5) is 5.13 Å². The standard InChI is InChI=1S/C29H26N2O6S/c1-5-37-21-14-18(8-11-20(21)32)25-23(26(33)17-6-9-19(36-4)10-7-17)27(34)28(35)31(25)29-30-24-16(3)12-15(2)13-22(24)38-29/h6-14,25,32-33H,5H2,1-4H3/b26-23+. The van der Waals surface area contributed by atoms with Crippen LogP contribution in [0.2, 0.25) is 0 Å². The Balaban J connectivity index is 1.74. The van der Waals surface area contributed by atoms with Crippen molar-refractivity contribution in [3.63, 3.8) is 0 Å². The fraction of sp³-hybridized carbons (Fsp3) is 0.207. The number of rotatable bonds is 6. The highest BCUT2D eigenvalue weighted by atomic mass is 32.1. The smallest absolute Gasteiger partial charge is 0.301 e. The molecule has 9 heteroatoms. The molecule has 1 saturated heterocycles. The van der Waals surface area contributed by atoms with Crippen LogP contribution in [0.3, 0.4) is 0 Å². The van der Waals surface area contributed by atoms with Gasteiger partial charge in [-0.3, -0.25) is 14.5 Å². The van der Waals surface area contributed by atoms with Crippen molar-refractivity contribution in [1.29, 1.82) is 0 Å². The molecule has 0 aliphatic carbocycles. The molecular weight excluding hydrogens is 504 g/mol. The van der Waals surface area contributed by atoms with Gasteiger partial charge in [0.05, 0.1) is 35.5 Å². The number of carbonyl (C=O) groups is 2. The molecule has 0 spiro atoms. The molecule has 0 radical (unpaired) electrons. The first-order valence-corrected chi connectivity index (χ1v) is 12.8. The van der Waals surface area contributed by atoms with E-state index in [9.17, 15) is 19.8 Å². The maximum Gasteiger partial charge on any atom is 0.301 e. The molecule has 3 aromatic carbocycles. The summed E-state index contributed by atoms with van der Waals surface area (Å²) in [6.07, 6.45) is 0. The lowest BCUT2D eigenvalue weighted by atomic mass is 9.95. The fourth-order valence-corrected chi connectivity index (χ4v) is 5.85. The molecule has 1 unspecified atom stereocenters. The fourth-order valence-electron chi connectivity index (χ4n) is 4.68. The van der Waals surface area contributed by atoms with E-state index >= 15 is 0 Å². The normalized spacial score (nSPS) is 16.8. The summed E-state index contributed by atoms with van der Waals surface area (Å²) < 4.78 is 11.7. The van der Waals surface area contributed by atoms with E-state index < -0.39 is 17.7 Å². The molecule has 1 amide bonds. The lowest BCUT2D eigenvalue weighted by molar-refractivity contribution is -0.132. The Hall–Kier alpha value is -4.37. The third-order valence-corrected chi connectivity index (χ3v) is 7.43. The van der Waals surface area contributed by atoms with E-state index in [1.807, 2.05) is 26.0 Å². The minimum absolute atomic E-state index is 0.0752. The number of thiazole rings is 1. The molecule has 194 valence electrons. The average molecular weight is 531 g/mol. The first kappa shape index (κ1) is 25.3. The molecule has 0 bridgehead atoms. The summed E-state index contributed by atoms with van der Waals surface area (Å²) in [7, 11) is 1.53. The van der Waals surface area contributed by atoms with Gasteiger partial charge in [-0.2, -0.15) is 0 Å². The number of Topliss-reactive ketones (excluding diaryl/α,β-unsaturated/α-hetero) is 1. The Morgan fingerprint density at radius 2 is 1.82 bits per heavy atom. The number of amides is 1. The van der Waals surface area contributed by atoms with Crippen molar-refractivity contribution in [3.05, 3.63) is 82.4 Å². The van der Waals surface area contributed by atoms with Gasteiger partial charge in [0.2, 0.25) is 0 Å². The molecule has 1 aliphatic rings. The lowest BCUT2D eigenvalue weighted by Gasteiger charge is -2.23. The molecule has 1 fully saturated rings. The van der Waals surface area contributed by atoms with Crippen LogP contribution in [0.15, 0.2) is 60.2 Å². The summed E-state index contributed by atoms with van der Waals surface area (Å²) in [6.45, 7) is 6.02. The number of anilines is 1. The van der Waals surface area contributed by atoms with Gasteiger partial charge in [0.1, 0.15) is 11.5 Å². The third-order valence-electron chi connectivity index (χ3n) is 6.43. The van der Waals surface area contributed by atoms with Crippen LogP contribution in [0.5, 0.6) is 17.2 Å². The Kier molecular flexibility index (Phi) is 6.54. The number of aliphatic hydroxyl groups is 1. The van der Waals surface area contributed by atoms with E-state index in [0.29, 0.717) is 28.6 Å². The first-order chi connectivity index (χ1) is 18.2. The highest BCUT2D eigenvalue weighted by molar-refractivity contribution is 7.22. The van der Waals surface area contributed by atoms with Crippen molar-refractivity contribution in [2.75, 3.05) is 18.6 Å². The van der Waals surface area contributed by atoms with Crippen LogP contribution in [-0.2, 0) is 9.59 Å². The number of phenols is 1.